The summed E-state index contributed by atoms with van der Waals surface area (Å²) in [4.78, 5) is 12.1. The monoisotopic (exact) mass is 315 g/mol. The van der Waals surface area contributed by atoms with Crippen LogP contribution in [0, 0.1) is 19.7 Å². The van der Waals surface area contributed by atoms with Crippen LogP contribution in [0.4, 0.5) is 4.39 Å². The number of aryl methyl sites for hydroxylation is 2. The molecule has 0 aromatic heterocycles. The van der Waals surface area contributed by atoms with E-state index in [1.54, 1.807) is 19.1 Å². The third kappa shape index (κ3) is 5.09. The van der Waals surface area contributed by atoms with Crippen molar-refractivity contribution >= 4 is 5.91 Å². The summed E-state index contributed by atoms with van der Waals surface area (Å²) in [7, 11) is 0. The molecule has 4 heteroatoms. The van der Waals surface area contributed by atoms with Crippen molar-refractivity contribution < 1.29 is 13.9 Å². The second-order valence-electron chi connectivity index (χ2n) is 5.70. The third-order valence-electron chi connectivity index (χ3n) is 3.64. The molecule has 0 aliphatic heterocycles. The van der Waals surface area contributed by atoms with Crippen molar-refractivity contribution in [2.45, 2.75) is 33.3 Å². The Hall–Kier alpha value is -2.36. The minimum atomic E-state index is -0.566. The topological polar surface area (TPSA) is 38.3 Å². The van der Waals surface area contributed by atoms with Gasteiger partial charge in [0.2, 0.25) is 0 Å². The molecule has 2 rings (SSSR count). The first-order chi connectivity index (χ1) is 11.0. The van der Waals surface area contributed by atoms with E-state index in [2.05, 4.69) is 5.32 Å². The van der Waals surface area contributed by atoms with E-state index in [4.69, 9.17) is 4.74 Å². The molecule has 0 aliphatic carbocycles. The number of hydrogen-bond acceptors (Lipinski definition) is 2. The lowest BCUT2D eigenvalue weighted by atomic mass is 10.1. The van der Waals surface area contributed by atoms with Crippen LogP contribution in [0.5, 0.6) is 5.75 Å². The normalized spacial score (nSPS) is 11.8. The van der Waals surface area contributed by atoms with Gasteiger partial charge in [-0.15, -0.1) is 0 Å². The molecule has 1 N–H and O–H groups in total. The lowest BCUT2D eigenvalue weighted by Gasteiger charge is -2.16. The van der Waals surface area contributed by atoms with E-state index in [9.17, 15) is 9.18 Å². The van der Waals surface area contributed by atoms with Gasteiger partial charge in [0.15, 0.2) is 6.10 Å². The van der Waals surface area contributed by atoms with E-state index in [0.29, 0.717) is 13.0 Å². The predicted molar refractivity (Wildman–Crippen MR) is 89.1 cm³/mol. The first-order valence-electron chi connectivity index (χ1n) is 7.72. The summed E-state index contributed by atoms with van der Waals surface area (Å²) in [6.07, 6.45) is 0.0890. The molecule has 0 heterocycles. The number of amides is 1. The summed E-state index contributed by atoms with van der Waals surface area (Å²) >= 11 is 0. The van der Waals surface area contributed by atoms with Crippen molar-refractivity contribution in [2.75, 3.05) is 6.54 Å². The zero-order chi connectivity index (χ0) is 16.8. The molecule has 0 saturated heterocycles. The molecular formula is C19H22FNO2. The first-order valence-corrected chi connectivity index (χ1v) is 7.72. The summed E-state index contributed by atoms with van der Waals surface area (Å²) < 4.78 is 18.6. The van der Waals surface area contributed by atoms with Gasteiger partial charge in [-0.25, -0.2) is 4.39 Å². The molecular weight excluding hydrogens is 293 g/mol. The van der Waals surface area contributed by atoms with Crippen molar-refractivity contribution in [1.29, 1.82) is 0 Å². The van der Waals surface area contributed by atoms with E-state index < -0.39 is 6.10 Å². The van der Waals surface area contributed by atoms with Gasteiger partial charge in [-0.3, -0.25) is 4.79 Å². The number of benzene rings is 2. The van der Waals surface area contributed by atoms with E-state index in [0.717, 1.165) is 22.4 Å². The lowest BCUT2D eigenvalue weighted by Crippen LogP contribution is -2.37. The number of carbonyl (C=O) groups excluding carboxylic acids is 1. The van der Waals surface area contributed by atoms with Crippen LogP contribution in [0.1, 0.15) is 23.6 Å². The van der Waals surface area contributed by atoms with Gasteiger partial charge in [0.05, 0.1) is 0 Å². The van der Waals surface area contributed by atoms with Gasteiger partial charge in [-0.2, -0.15) is 0 Å². The minimum absolute atomic E-state index is 0.159. The highest BCUT2D eigenvalue weighted by atomic mass is 19.1. The highest BCUT2D eigenvalue weighted by molar-refractivity contribution is 5.80. The molecule has 1 atom stereocenters. The standard InChI is InChI=1S/C19H22FNO2/c1-13-4-5-14(2)18(12-13)23-15(3)19(22)21-11-10-16-6-8-17(20)9-7-16/h4-9,12,15H,10-11H2,1-3H3,(H,21,22). The van der Waals surface area contributed by atoms with Crippen molar-refractivity contribution in [1.82, 2.24) is 5.32 Å². The zero-order valence-corrected chi connectivity index (χ0v) is 13.7. The predicted octanol–water partition coefficient (Wildman–Crippen LogP) is 3.57. The maximum Gasteiger partial charge on any atom is 0.260 e. The second kappa shape index (κ2) is 7.77. The fourth-order valence-corrected chi connectivity index (χ4v) is 2.20. The molecule has 0 saturated carbocycles. The average Bonchev–Trinajstić information content (AvgIpc) is 2.52. The van der Waals surface area contributed by atoms with E-state index in [-0.39, 0.29) is 11.7 Å². The van der Waals surface area contributed by atoms with Crippen LogP contribution in [-0.4, -0.2) is 18.6 Å². The van der Waals surface area contributed by atoms with Crippen LogP contribution < -0.4 is 10.1 Å². The van der Waals surface area contributed by atoms with Crippen molar-refractivity contribution in [2.24, 2.45) is 0 Å². The van der Waals surface area contributed by atoms with Crippen LogP contribution in [0.15, 0.2) is 42.5 Å². The highest BCUT2D eigenvalue weighted by Crippen LogP contribution is 2.20. The molecule has 0 fully saturated rings. The van der Waals surface area contributed by atoms with Crippen molar-refractivity contribution in [3.8, 4) is 5.75 Å². The van der Waals surface area contributed by atoms with Gasteiger partial charge < -0.3 is 10.1 Å². The van der Waals surface area contributed by atoms with Gasteiger partial charge >= 0.3 is 0 Å². The Morgan fingerprint density at radius 2 is 1.87 bits per heavy atom. The molecule has 122 valence electrons. The smallest absolute Gasteiger partial charge is 0.260 e. The van der Waals surface area contributed by atoms with E-state index >= 15 is 0 Å². The fourth-order valence-electron chi connectivity index (χ4n) is 2.20. The molecule has 3 nitrogen and oxygen atoms in total. The van der Waals surface area contributed by atoms with Gasteiger partial charge in [-0.1, -0.05) is 24.3 Å². The summed E-state index contributed by atoms with van der Waals surface area (Å²) in [6.45, 7) is 6.16. The Morgan fingerprint density at radius 3 is 2.57 bits per heavy atom. The second-order valence-corrected chi connectivity index (χ2v) is 5.70. The molecule has 1 unspecified atom stereocenters. The Kier molecular flexibility index (Phi) is 5.74. The van der Waals surface area contributed by atoms with E-state index in [1.807, 2.05) is 32.0 Å². The van der Waals surface area contributed by atoms with Crippen LogP contribution in [0.25, 0.3) is 0 Å². The molecule has 2 aromatic carbocycles. The summed E-state index contributed by atoms with van der Waals surface area (Å²) in [5, 5.41) is 2.84. The fraction of sp³-hybridized carbons (Fsp3) is 0.316. The number of rotatable bonds is 6. The minimum Gasteiger partial charge on any atom is -0.481 e. The average molecular weight is 315 g/mol. The third-order valence-corrected chi connectivity index (χ3v) is 3.64. The zero-order valence-electron chi connectivity index (χ0n) is 13.7. The summed E-state index contributed by atoms with van der Waals surface area (Å²) in [5.41, 5.74) is 3.07. The molecule has 0 spiro atoms. The Morgan fingerprint density at radius 1 is 1.17 bits per heavy atom. The van der Waals surface area contributed by atoms with E-state index in [1.165, 1.54) is 12.1 Å². The lowest BCUT2D eigenvalue weighted by molar-refractivity contribution is -0.127. The largest absolute Gasteiger partial charge is 0.481 e. The number of hydrogen-bond donors (Lipinski definition) is 1. The Labute approximate surface area is 136 Å². The molecule has 23 heavy (non-hydrogen) atoms. The maximum atomic E-state index is 12.8. The maximum absolute atomic E-state index is 12.8. The summed E-state index contributed by atoms with van der Waals surface area (Å²) in [5.74, 6) is 0.313. The number of nitrogens with one attached hydrogen (secondary N) is 1. The van der Waals surface area contributed by atoms with Crippen molar-refractivity contribution in [3.63, 3.8) is 0 Å². The van der Waals surface area contributed by atoms with Crippen molar-refractivity contribution in [3.05, 3.63) is 65.0 Å². The van der Waals surface area contributed by atoms with Gasteiger partial charge in [0.25, 0.3) is 5.91 Å². The quantitative estimate of drug-likeness (QED) is 0.885. The Bertz CT molecular complexity index is 668. The molecule has 0 bridgehead atoms. The van der Waals surface area contributed by atoms with Gasteiger partial charge in [-0.05, 0) is 62.1 Å². The van der Waals surface area contributed by atoms with Gasteiger partial charge in [0.1, 0.15) is 11.6 Å². The van der Waals surface area contributed by atoms with Crippen LogP contribution in [0.2, 0.25) is 0 Å². The molecule has 0 aliphatic rings. The van der Waals surface area contributed by atoms with Crippen LogP contribution >= 0.6 is 0 Å². The van der Waals surface area contributed by atoms with Gasteiger partial charge in [0, 0.05) is 6.54 Å². The SMILES string of the molecule is Cc1ccc(C)c(OC(C)C(=O)NCCc2ccc(F)cc2)c1. The number of ether oxygens (including phenoxy) is 1. The van der Waals surface area contributed by atoms with Crippen LogP contribution in [0.3, 0.4) is 0 Å². The highest BCUT2D eigenvalue weighted by Gasteiger charge is 2.15. The van der Waals surface area contributed by atoms with Crippen LogP contribution in [-0.2, 0) is 11.2 Å². The molecule has 1 amide bonds. The first kappa shape index (κ1) is 17.0. The number of carbonyl (C=O) groups is 1. The number of halogens is 1. The molecule has 0 radical (unpaired) electrons. The molecule has 2 aromatic rings. The Balaban J connectivity index is 1.83. The summed E-state index contributed by atoms with van der Waals surface area (Å²) in [6, 6.07) is 12.2.